The minimum atomic E-state index is -5.12. The molecule has 0 atom stereocenters. The molecule has 0 aromatic heterocycles. The summed E-state index contributed by atoms with van der Waals surface area (Å²) in [7, 11) is 0. The van der Waals surface area contributed by atoms with Gasteiger partial charge in [0.25, 0.3) is 0 Å². The highest BCUT2D eigenvalue weighted by molar-refractivity contribution is 5.95. The summed E-state index contributed by atoms with van der Waals surface area (Å²) in [6.45, 7) is 5.91. The van der Waals surface area contributed by atoms with Gasteiger partial charge in [-0.2, -0.15) is 13.2 Å². The molecular weight excluding hydrogens is 411 g/mol. The van der Waals surface area contributed by atoms with Crippen LogP contribution in [0.15, 0.2) is 18.2 Å². The molecule has 12 heteroatoms. The van der Waals surface area contributed by atoms with Crippen LogP contribution in [-0.2, 0) is 9.53 Å². The molecule has 2 rings (SSSR count). The van der Waals surface area contributed by atoms with Crippen molar-refractivity contribution in [1.29, 1.82) is 0 Å². The van der Waals surface area contributed by atoms with Crippen molar-refractivity contribution < 1.29 is 37.2 Å². The number of carbonyl (C=O) groups is 2. The number of rotatable bonds is 4. The van der Waals surface area contributed by atoms with Gasteiger partial charge in [-0.05, 0) is 32.9 Å². The van der Waals surface area contributed by atoms with Crippen LogP contribution in [0.5, 0.6) is 5.75 Å². The van der Waals surface area contributed by atoms with Crippen LogP contribution >= 0.6 is 0 Å². The molecule has 1 heterocycles. The first-order chi connectivity index (χ1) is 13.8. The van der Waals surface area contributed by atoms with Gasteiger partial charge in [-0.25, -0.2) is 4.79 Å². The smallest absolute Gasteiger partial charge is 0.471 e. The summed E-state index contributed by atoms with van der Waals surface area (Å²) >= 11 is 0. The number of benzene rings is 1. The van der Waals surface area contributed by atoms with Gasteiger partial charge < -0.3 is 19.7 Å². The third-order valence-electron chi connectivity index (χ3n) is 4.06. The standard InChI is InChI=1S/C18H22F3N3O6/c1-17(2,3)30-16(26)23-8-6-12(7-9-23)29-14-5-4-11(10-13(14)24(27)28)22-15(25)18(19,20)21/h4-5,10,12H,6-9H2,1-3H3,(H,22,25). The molecule has 1 saturated heterocycles. The Bertz CT molecular complexity index is 814. The molecule has 1 aromatic rings. The number of ether oxygens (including phenoxy) is 2. The van der Waals surface area contributed by atoms with Crippen LogP contribution in [0, 0.1) is 10.1 Å². The number of carbonyl (C=O) groups excluding carboxylic acids is 2. The zero-order chi connectivity index (χ0) is 22.7. The minimum absolute atomic E-state index is 0.138. The number of nitro benzene ring substituents is 1. The number of nitro groups is 1. The van der Waals surface area contributed by atoms with Crippen molar-refractivity contribution in [3.05, 3.63) is 28.3 Å². The highest BCUT2D eigenvalue weighted by atomic mass is 19.4. The zero-order valence-corrected chi connectivity index (χ0v) is 16.6. The van der Waals surface area contributed by atoms with Crippen LogP contribution in [0.3, 0.4) is 0 Å². The van der Waals surface area contributed by atoms with Crippen molar-refractivity contribution in [2.45, 2.75) is 51.5 Å². The lowest BCUT2D eigenvalue weighted by Crippen LogP contribution is -2.44. The van der Waals surface area contributed by atoms with E-state index in [1.165, 1.54) is 4.90 Å². The predicted molar refractivity (Wildman–Crippen MR) is 99.2 cm³/mol. The number of piperidine rings is 1. The Labute approximate surface area is 170 Å². The van der Waals surface area contributed by atoms with E-state index in [9.17, 15) is 32.9 Å². The average Bonchev–Trinajstić information content (AvgIpc) is 2.61. The zero-order valence-electron chi connectivity index (χ0n) is 16.6. The second-order valence-electron chi connectivity index (χ2n) is 7.68. The van der Waals surface area contributed by atoms with Gasteiger partial charge in [0.05, 0.1) is 4.92 Å². The van der Waals surface area contributed by atoms with Gasteiger partial charge in [0.15, 0.2) is 5.75 Å². The molecule has 0 bridgehead atoms. The maximum absolute atomic E-state index is 12.4. The largest absolute Gasteiger partial charge is 0.483 e. The van der Waals surface area contributed by atoms with Crippen LogP contribution in [0.4, 0.5) is 29.3 Å². The minimum Gasteiger partial charge on any atom is -0.483 e. The van der Waals surface area contributed by atoms with Crippen LogP contribution in [0.25, 0.3) is 0 Å². The average molecular weight is 433 g/mol. The van der Waals surface area contributed by atoms with Crippen molar-refractivity contribution in [3.63, 3.8) is 0 Å². The second-order valence-corrected chi connectivity index (χ2v) is 7.68. The SMILES string of the molecule is CC(C)(C)OC(=O)N1CCC(Oc2ccc(NC(=O)C(F)(F)F)cc2[N+](=O)[O-])CC1. The van der Waals surface area contributed by atoms with Gasteiger partial charge in [-0.15, -0.1) is 0 Å². The first kappa shape index (κ1) is 23.2. The molecule has 1 fully saturated rings. The van der Waals surface area contributed by atoms with E-state index in [0.717, 1.165) is 18.2 Å². The molecule has 9 nitrogen and oxygen atoms in total. The van der Waals surface area contributed by atoms with Crippen LogP contribution < -0.4 is 10.1 Å². The van der Waals surface area contributed by atoms with Crippen LogP contribution in [-0.4, -0.2) is 52.8 Å². The highest BCUT2D eigenvalue weighted by Gasteiger charge is 2.39. The van der Waals surface area contributed by atoms with E-state index in [1.807, 2.05) is 0 Å². The summed E-state index contributed by atoms with van der Waals surface area (Å²) in [6.07, 6.45) is -5.23. The van der Waals surface area contributed by atoms with Gasteiger partial charge in [0.2, 0.25) is 0 Å². The number of likely N-dealkylation sites (tertiary alicyclic amines) is 1. The Hall–Kier alpha value is -3.05. The van der Waals surface area contributed by atoms with Crippen molar-refractivity contribution >= 4 is 23.4 Å². The summed E-state index contributed by atoms with van der Waals surface area (Å²) < 4.78 is 48.0. The summed E-state index contributed by atoms with van der Waals surface area (Å²) in [5, 5.41) is 12.9. The lowest BCUT2D eigenvalue weighted by molar-refractivity contribution is -0.386. The number of alkyl halides is 3. The summed E-state index contributed by atoms with van der Waals surface area (Å²) in [4.78, 5) is 35.1. The van der Waals surface area contributed by atoms with Crippen LogP contribution in [0.2, 0.25) is 0 Å². The van der Waals surface area contributed by atoms with Gasteiger partial charge in [-0.1, -0.05) is 0 Å². The van der Waals surface area contributed by atoms with Crippen molar-refractivity contribution in [2.75, 3.05) is 18.4 Å². The predicted octanol–water partition coefficient (Wildman–Crippen LogP) is 3.87. The first-order valence-electron chi connectivity index (χ1n) is 9.07. The number of amides is 2. The first-order valence-corrected chi connectivity index (χ1v) is 9.07. The molecule has 0 saturated carbocycles. The molecule has 0 radical (unpaired) electrons. The fraction of sp³-hybridized carbons (Fsp3) is 0.556. The third kappa shape index (κ3) is 6.49. The third-order valence-corrected chi connectivity index (χ3v) is 4.06. The molecule has 1 aromatic carbocycles. The number of hydrogen-bond acceptors (Lipinski definition) is 6. The van der Waals surface area contributed by atoms with Gasteiger partial charge in [0, 0.05) is 37.7 Å². The van der Waals surface area contributed by atoms with E-state index in [0.29, 0.717) is 25.9 Å². The number of halogens is 3. The number of anilines is 1. The van der Waals surface area contributed by atoms with Crippen molar-refractivity contribution in [2.24, 2.45) is 0 Å². The molecule has 2 amide bonds. The van der Waals surface area contributed by atoms with E-state index in [1.54, 1.807) is 26.1 Å². The molecule has 166 valence electrons. The molecular formula is C18H22F3N3O6. The molecule has 1 aliphatic rings. The van der Waals surface area contributed by atoms with Crippen LogP contribution in [0.1, 0.15) is 33.6 Å². The molecule has 1 N–H and O–H groups in total. The maximum Gasteiger partial charge on any atom is 0.471 e. The lowest BCUT2D eigenvalue weighted by Gasteiger charge is -2.33. The normalized spacial score (nSPS) is 15.5. The van der Waals surface area contributed by atoms with E-state index in [4.69, 9.17) is 9.47 Å². The maximum atomic E-state index is 12.4. The Morgan fingerprint density at radius 3 is 2.30 bits per heavy atom. The van der Waals surface area contributed by atoms with E-state index in [2.05, 4.69) is 0 Å². The molecule has 1 aliphatic heterocycles. The quantitative estimate of drug-likeness (QED) is 0.570. The second kappa shape index (κ2) is 8.76. The summed E-state index contributed by atoms with van der Waals surface area (Å²) in [5.74, 6) is -2.37. The highest BCUT2D eigenvalue weighted by Crippen LogP contribution is 2.33. The lowest BCUT2D eigenvalue weighted by atomic mass is 10.1. The summed E-state index contributed by atoms with van der Waals surface area (Å²) in [5.41, 5.74) is -1.59. The number of hydrogen-bond donors (Lipinski definition) is 1. The Balaban J connectivity index is 2.02. The van der Waals surface area contributed by atoms with Crippen molar-refractivity contribution in [3.8, 4) is 5.75 Å². The summed E-state index contributed by atoms with van der Waals surface area (Å²) in [6, 6.07) is 3.01. The fourth-order valence-corrected chi connectivity index (χ4v) is 2.70. The fourth-order valence-electron chi connectivity index (χ4n) is 2.70. The van der Waals surface area contributed by atoms with E-state index >= 15 is 0 Å². The Morgan fingerprint density at radius 2 is 1.80 bits per heavy atom. The number of nitrogens with one attached hydrogen (secondary N) is 1. The van der Waals surface area contributed by atoms with Gasteiger partial charge >= 0.3 is 23.9 Å². The molecule has 0 unspecified atom stereocenters. The van der Waals surface area contributed by atoms with Crippen molar-refractivity contribution in [1.82, 2.24) is 4.90 Å². The number of nitrogens with zero attached hydrogens (tertiary/aromatic N) is 2. The van der Waals surface area contributed by atoms with E-state index < -0.39 is 40.5 Å². The van der Waals surface area contributed by atoms with Gasteiger partial charge in [-0.3, -0.25) is 14.9 Å². The topological polar surface area (TPSA) is 111 Å². The molecule has 0 aliphatic carbocycles. The van der Waals surface area contributed by atoms with Gasteiger partial charge in [0.1, 0.15) is 11.7 Å². The molecule has 0 spiro atoms. The molecule has 30 heavy (non-hydrogen) atoms. The Kier molecular flexibility index (Phi) is 6.78. The van der Waals surface area contributed by atoms with E-state index in [-0.39, 0.29) is 11.4 Å². The Morgan fingerprint density at radius 1 is 1.20 bits per heavy atom. The monoisotopic (exact) mass is 433 g/mol.